The lowest BCUT2D eigenvalue weighted by Crippen LogP contribution is -2.08. The van der Waals surface area contributed by atoms with Crippen LogP contribution in [0, 0.1) is 5.82 Å². The molecule has 0 spiro atoms. The van der Waals surface area contributed by atoms with Crippen LogP contribution in [0.15, 0.2) is 16.6 Å². The molecule has 0 amide bonds. The highest BCUT2D eigenvalue weighted by Gasteiger charge is 2.34. The number of halogens is 5. The van der Waals surface area contributed by atoms with Gasteiger partial charge in [-0.15, -0.1) is 0 Å². The van der Waals surface area contributed by atoms with Gasteiger partial charge >= 0.3 is 6.18 Å². The molecule has 1 nitrogen and oxygen atoms in total. The van der Waals surface area contributed by atoms with E-state index in [-0.39, 0.29) is 0 Å². The Labute approximate surface area is 79.7 Å². The second kappa shape index (κ2) is 3.17. The summed E-state index contributed by atoms with van der Waals surface area (Å²) in [6, 6.07) is 1.32. The minimum absolute atomic E-state index is 0.458. The fraction of sp³-hybridized carbons (Fsp3) is 0.143. The molecule has 1 aromatic rings. The van der Waals surface area contributed by atoms with Crippen molar-refractivity contribution in [3.63, 3.8) is 0 Å². The second-order valence-electron chi connectivity index (χ2n) is 2.32. The maximum absolute atomic E-state index is 12.6. The fourth-order valence-corrected chi connectivity index (χ4v) is 1.33. The zero-order valence-electron chi connectivity index (χ0n) is 6.12. The quantitative estimate of drug-likeness (QED) is 0.561. The van der Waals surface area contributed by atoms with Crippen molar-refractivity contribution in [1.82, 2.24) is 0 Å². The normalized spacial score (nSPS) is 11.8. The Bertz CT molecular complexity index is 334. The minimum atomic E-state index is -4.53. The van der Waals surface area contributed by atoms with E-state index in [1.807, 2.05) is 0 Å². The summed E-state index contributed by atoms with van der Waals surface area (Å²) in [6.07, 6.45) is -4.53. The van der Waals surface area contributed by atoms with Gasteiger partial charge in [0.2, 0.25) is 0 Å². The molecule has 1 rings (SSSR count). The Kier molecular flexibility index (Phi) is 2.51. The first-order chi connectivity index (χ1) is 5.84. The Morgan fingerprint density at radius 1 is 1.23 bits per heavy atom. The van der Waals surface area contributed by atoms with E-state index in [0.717, 1.165) is 0 Å². The highest BCUT2D eigenvalue weighted by Crippen LogP contribution is 2.38. The molecule has 0 bridgehead atoms. The van der Waals surface area contributed by atoms with E-state index in [1.54, 1.807) is 0 Å². The van der Waals surface area contributed by atoms with Gasteiger partial charge in [-0.25, -0.2) is 4.39 Å². The number of alkyl halides is 3. The molecule has 0 heterocycles. The first-order valence-electron chi connectivity index (χ1n) is 3.14. The van der Waals surface area contributed by atoms with Gasteiger partial charge in [-0.2, -0.15) is 13.2 Å². The van der Waals surface area contributed by atoms with Gasteiger partial charge in [-0.3, -0.25) is 0 Å². The molecule has 0 radical (unpaired) electrons. The van der Waals surface area contributed by atoms with Crippen LogP contribution in [-0.2, 0) is 6.18 Å². The zero-order chi connectivity index (χ0) is 10.2. The number of nitrogen functional groups attached to an aromatic ring is 1. The van der Waals surface area contributed by atoms with Crippen LogP contribution in [0.25, 0.3) is 0 Å². The molecule has 6 heteroatoms. The first kappa shape index (κ1) is 10.3. The van der Waals surface area contributed by atoms with Crippen molar-refractivity contribution in [2.45, 2.75) is 6.18 Å². The number of benzene rings is 1. The molecular weight excluding hydrogens is 254 g/mol. The van der Waals surface area contributed by atoms with Crippen LogP contribution in [0.2, 0.25) is 0 Å². The minimum Gasteiger partial charge on any atom is -0.395 e. The molecule has 0 unspecified atom stereocenters. The summed E-state index contributed by atoms with van der Waals surface area (Å²) in [5, 5.41) is 0. The topological polar surface area (TPSA) is 26.0 Å². The van der Waals surface area contributed by atoms with E-state index in [0.29, 0.717) is 12.1 Å². The predicted octanol–water partition coefficient (Wildman–Crippen LogP) is 3.19. The zero-order valence-corrected chi connectivity index (χ0v) is 7.71. The van der Waals surface area contributed by atoms with E-state index in [4.69, 9.17) is 5.73 Å². The molecule has 0 fully saturated rings. The Morgan fingerprint density at radius 3 is 2.23 bits per heavy atom. The third-order valence-electron chi connectivity index (χ3n) is 1.43. The van der Waals surface area contributed by atoms with Crippen molar-refractivity contribution < 1.29 is 17.6 Å². The van der Waals surface area contributed by atoms with Crippen LogP contribution in [0.4, 0.5) is 23.2 Å². The molecule has 72 valence electrons. The van der Waals surface area contributed by atoms with E-state index in [2.05, 4.69) is 15.9 Å². The largest absolute Gasteiger partial charge is 0.417 e. The molecule has 2 N–H and O–H groups in total. The van der Waals surface area contributed by atoms with Gasteiger partial charge in [-0.1, -0.05) is 0 Å². The standard InChI is InChI=1S/C7H4BrF4N/c8-5-3(7(10,11)12)1-2-4(9)6(5)13/h1-2H,13H2. The maximum atomic E-state index is 12.6. The molecule has 0 aliphatic rings. The monoisotopic (exact) mass is 257 g/mol. The van der Waals surface area contributed by atoms with E-state index in [9.17, 15) is 17.6 Å². The SMILES string of the molecule is Nc1c(F)ccc(C(F)(F)F)c1Br. The van der Waals surface area contributed by atoms with Crippen LogP contribution >= 0.6 is 15.9 Å². The van der Waals surface area contributed by atoms with Gasteiger partial charge in [0.05, 0.1) is 15.7 Å². The Balaban J connectivity index is 3.35. The first-order valence-corrected chi connectivity index (χ1v) is 3.94. The molecule has 1 aromatic carbocycles. The van der Waals surface area contributed by atoms with Crippen molar-refractivity contribution in [1.29, 1.82) is 0 Å². The lowest BCUT2D eigenvalue weighted by molar-refractivity contribution is -0.138. The van der Waals surface area contributed by atoms with Crippen LogP contribution < -0.4 is 5.73 Å². The lowest BCUT2D eigenvalue weighted by atomic mass is 10.2. The average Bonchev–Trinajstić information content (AvgIpc) is 1.98. The smallest absolute Gasteiger partial charge is 0.395 e. The summed E-state index contributed by atoms with van der Waals surface area (Å²) in [4.78, 5) is 0. The molecule has 0 saturated heterocycles. The number of rotatable bonds is 0. The number of hydrogen-bond donors (Lipinski definition) is 1. The summed E-state index contributed by atoms with van der Waals surface area (Å²) in [6.45, 7) is 0. The van der Waals surface area contributed by atoms with Gasteiger partial charge in [0.25, 0.3) is 0 Å². The average molecular weight is 258 g/mol. The Hall–Kier alpha value is -0.780. The summed E-state index contributed by atoms with van der Waals surface area (Å²) in [5.74, 6) is -0.875. The van der Waals surface area contributed by atoms with Crippen LogP contribution in [0.1, 0.15) is 5.56 Å². The predicted molar refractivity (Wildman–Crippen MR) is 43.5 cm³/mol. The molecule has 0 aliphatic heterocycles. The highest BCUT2D eigenvalue weighted by molar-refractivity contribution is 9.10. The summed E-state index contributed by atoms with van der Waals surface area (Å²) in [7, 11) is 0. The van der Waals surface area contributed by atoms with Crippen LogP contribution in [0.5, 0.6) is 0 Å². The summed E-state index contributed by atoms with van der Waals surface area (Å²) < 4.78 is 48.6. The van der Waals surface area contributed by atoms with Gasteiger partial charge in [0.15, 0.2) is 0 Å². The number of hydrogen-bond acceptors (Lipinski definition) is 1. The summed E-state index contributed by atoms with van der Waals surface area (Å²) in [5.41, 5.74) is 3.54. The van der Waals surface area contributed by atoms with Gasteiger partial charge in [0, 0.05) is 0 Å². The molecule has 0 aromatic heterocycles. The van der Waals surface area contributed by atoms with Gasteiger partial charge in [0.1, 0.15) is 5.82 Å². The lowest BCUT2D eigenvalue weighted by Gasteiger charge is -2.10. The van der Waals surface area contributed by atoms with Crippen molar-refractivity contribution in [3.05, 3.63) is 28.0 Å². The molecule has 13 heavy (non-hydrogen) atoms. The van der Waals surface area contributed by atoms with Crippen molar-refractivity contribution in [2.75, 3.05) is 5.73 Å². The third-order valence-corrected chi connectivity index (χ3v) is 2.29. The molecule has 0 saturated carbocycles. The molecular formula is C7H4BrF4N. The third kappa shape index (κ3) is 1.93. The van der Waals surface area contributed by atoms with Crippen LogP contribution in [-0.4, -0.2) is 0 Å². The van der Waals surface area contributed by atoms with Crippen LogP contribution in [0.3, 0.4) is 0 Å². The fourth-order valence-electron chi connectivity index (χ4n) is 0.788. The van der Waals surface area contributed by atoms with Crippen molar-refractivity contribution in [3.8, 4) is 0 Å². The van der Waals surface area contributed by atoms with Gasteiger partial charge in [-0.05, 0) is 28.1 Å². The van der Waals surface area contributed by atoms with E-state index < -0.39 is 27.7 Å². The highest BCUT2D eigenvalue weighted by atomic mass is 79.9. The van der Waals surface area contributed by atoms with Crippen molar-refractivity contribution in [2.24, 2.45) is 0 Å². The molecule has 0 atom stereocenters. The molecule has 0 aliphatic carbocycles. The van der Waals surface area contributed by atoms with Crippen molar-refractivity contribution >= 4 is 21.6 Å². The van der Waals surface area contributed by atoms with E-state index in [1.165, 1.54) is 0 Å². The van der Waals surface area contributed by atoms with E-state index >= 15 is 0 Å². The number of nitrogens with two attached hydrogens (primary N) is 1. The van der Waals surface area contributed by atoms with Gasteiger partial charge < -0.3 is 5.73 Å². The number of anilines is 1. The Morgan fingerprint density at radius 2 is 1.77 bits per heavy atom. The maximum Gasteiger partial charge on any atom is 0.417 e. The summed E-state index contributed by atoms with van der Waals surface area (Å²) >= 11 is 2.58. The second-order valence-corrected chi connectivity index (χ2v) is 3.11.